The summed E-state index contributed by atoms with van der Waals surface area (Å²) in [6.07, 6.45) is 3.63. The third-order valence-electron chi connectivity index (χ3n) is 3.73. The first-order valence-corrected chi connectivity index (χ1v) is 7.43. The first-order chi connectivity index (χ1) is 11.1. The van der Waals surface area contributed by atoms with E-state index in [4.69, 9.17) is 0 Å². The minimum absolute atomic E-state index is 0.119. The number of para-hydroxylation sites is 1. The van der Waals surface area contributed by atoms with Crippen molar-refractivity contribution in [3.8, 4) is 5.69 Å². The fourth-order valence-electron chi connectivity index (χ4n) is 2.63. The molecule has 0 atom stereocenters. The van der Waals surface area contributed by atoms with Crippen LogP contribution in [0.4, 0.5) is 0 Å². The van der Waals surface area contributed by atoms with Gasteiger partial charge in [-0.15, -0.1) is 0 Å². The van der Waals surface area contributed by atoms with Crippen LogP contribution >= 0.6 is 0 Å². The molecule has 0 radical (unpaired) electrons. The molecular weight excluding hydrogens is 290 g/mol. The zero-order chi connectivity index (χ0) is 16.4. The molecule has 0 aliphatic heterocycles. The van der Waals surface area contributed by atoms with Crippen molar-refractivity contribution < 1.29 is 4.79 Å². The van der Waals surface area contributed by atoms with E-state index in [2.05, 4.69) is 15.5 Å². The van der Waals surface area contributed by atoms with Gasteiger partial charge < -0.3 is 5.32 Å². The van der Waals surface area contributed by atoms with E-state index in [1.165, 1.54) is 0 Å². The first kappa shape index (κ1) is 15.0. The molecule has 1 amide bonds. The van der Waals surface area contributed by atoms with Crippen molar-refractivity contribution >= 4 is 5.91 Å². The van der Waals surface area contributed by atoms with Crippen molar-refractivity contribution in [2.24, 2.45) is 7.05 Å². The second-order valence-electron chi connectivity index (χ2n) is 5.50. The van der Waals surface area contributed by atoms with Gasteiger partial charge in [0.15, 0.2) is 0 Å². The maximum Gasteiger partial charge on any atom is 0.255 e. The number of benzene rings is 1. The summed E-state index contributed by atoms with van der Waals surface area (Å²) >= 11 is 0. The van der Waals surface area contributed by atoms with Gasteiger partial charge in [-0.2, -0.15) is 10.2 Å². The number of rotatable bonds is 4. The predicted octanol–water partition coefficient (Wildman–Crippen LogP) is 2.15. The zero-order valence-corrected chi connectivity index (χ0v) is 13.4. The molecule has 0 saturated heterocycles. The Morgan fingerprint density at radius 2 is 1.96 bits per heavy atom. The van der Waals surface area contributed by atoms with E-state index in [1.54, 1.807) is 15.6 Å². The van der Waals surface area contributed by atoms with E-state index in [1.807, 2.05) is 57.4 Å². The van der Waals surface area contributed by atoms with Gasteiger partial charge in [-0.05, 0) is 26.0 Å². The van der Waals surface area contributed by atoms with Crippen LogP contribution in [0.15, 0.2) is 42.7 Å². The summed E-state index contributed by atoms with van der Waals surface area (Å²) in [6.45, 7) is 4.21. The molecule has 0 bridgehead atoms. The molecule has 0 aliphatic carbocycles. The first-order valence-electron chi connectivity index (χ1n) is 7.43. The Balaban J connectivity index is 1.82. The molecule has 0 saturated carbocycles. The molecule has 0 unspecified atom stereocenters. The maximum atomic E-state index is 12.5. The molecule has 1 aromatic carbocycles. The monoisotopic (exact) mass is 309 g/mol. The van der Waals surface area contributed by atoms with E-state index in [0.717, 1.165) is 22.6 Å². The second-order valence-corrected chi connectivity index (χ2v) is 5.50. The highest BCUT2D eigenvalue weighted by molar-refractivity contribution is 5.96. The lowest BCUT2D eigenvalue weighted by molar-refractivity contribution is 0.0949. The summed E-state index contributed by atoms with van der Waals surface area (Å²) in [5, 5.41) is 11.5. The number of amides is 1. The van der Waals surface area contributed by atoms with Crippen molar-refractivity contribution in [3.63, 3.8) is 0 Å². The highest BCUT2D eigenvalue weighted by Gasteiger charge is 2.19. The average Bonchev–Trinajstić information content (AvgIpc) is 3.09. The predicted molar refractivity (Wildman–Crippen MR) is 87.4 cm³/mol. The molecule has 23 heavy (non-hydrogen) atoms. The fourth-order valence-corrected chi connectivity index (χ4v) is 2.63. The Morgan fingerprint density at radius 3 is 2.61 bits per heavy atom. The molecule has 0 fully saturated rings. The molecule has 2 heterocycles. The minimum Gasteiger partial charge on any atom is -0.348 e. The van der Waals surface area contributed by atoms with Crippen LogP contribution in [-0.2, 0) is 13.6 Å². The topological polar surface area (TPSA) is 64.7 Å². The third-order valence-corrected chi connectivity index (χ3v) is 3.73. The van der Waals surface area contributed by atoms with Crippen LogP contribution in [-0.4, -0.2) is 25.5 Å². The quantitative estimate of drug-likeness (QED) is 0.803. The molecule has 1 N–H and O–H groups in total. The van der Waals surface area contributed by atoms with Crippen molar-refractivity contribution in [1.29, 1.82) is 0 Å². The van der Waals surface area contributed by atoms with Crippen LogP contribution in [0, 0.1) is 13.8 Å². The number of nitrogens with one attached hydrogen (secondary N) is 1. The van der Waals surface area contributed by atoms with Crippen LogP contribution in [0.1, 0.15) is 27.3 Å². The van der Waals surface area contributed by atoms with Gasteiger partial charge >= 0.3 is 0 Å². The fraction of sp³-hybridized carbons (Fsp3) is 0.235. The van der Waals surface area contributed by atoms with Gasteiger partial charge in [-0.1, -0.05) is 18.2 Å². The summed E-state index contributed by atoms with van der Waals surface area (Å²) < 4.78 is 3.51. The molecule has 3 rings (SSSR count). The molecule has 2 aromatic heterocycles. The zero-order valence-electron chi connectivity index (χ0n) is 13.4. The normalized spacial score (nSPS) is 10.7. The van der Waals surface area contributed by atoms with Crippen molar-refractivity contribution in [3.05, 3.63) is 65.2 Å². The SMILES string of the molecule is Cc1nn(-c2ccccc2)c(C)c1C(=O)NCc1cnn(C)c1. The highest BCUT2D eigenvalue weighted by atomic mass is 16.1. The molecule has 6 nitrogen and oxygen atoms in total. The molecule has 0 aliphatic rings. The largest absolute Gasteiger partial charge is 0.348 e. The number of nitrogens with zero attached hydrogens (tertiary/aromatic N) is 4. The van der Waals surface area contributed by atoms with Crippen molar-refractivity contribution in [1.82, 2.24) is 24.9 Å². The summed E-state index contributed by atoms with van der Waals surface area (Å²) in [5.74, 6) is -0.119. The van der Waals surface area contributed by atoms with Crippen molar-refractivity contribution in [2.45, 2.75) is 20.4 Å². The van der Waals surface area contributed by atoms with Crippen LogP contribution < -0.4 is 5.32 Å². The average molecular weight is 309 g/mol. The summed E-state index contributed by atoms with van der Waals surface area (Å²) in [5.41, 5.74) is 4.08. The lowest BCUT2D eigenvalue weighted by Gasteiger charge is -2.06. The van der Waals surface area contributed by atoms with E-state index in [0.29, 0.717) is 12.1 Å². The number of carbonyl (C=O) groups is 1. The van der Waals surface area contributed by atoms with E-state index in [9.17, 15) is 4.79 Å². The van der Waals surface area contributed by atoms with Crippen LogP contribution in [0.2, 0.25) is 0 Å². The number of hydrogen-bond donors (Lipinski definition) is 1. The number of aryl methyl sites for hydroxylation is 2. The van der Waals surface area contributed by atoms with Crippen molar-refractivity contribution in [2.75, 3.05) is 0 Å². The summed E-state index contributed by atoms with van der Waals surface area (Å²) in [4.78, 5) is 12.5. The van der Waals surface area contributed by atoms with Gasteiger partial charge in [0.2, 0.25) is 0 Å². The maximum absolute atomic E-state index is 12.5. The van der Waals surface area contributed by atoms with Crippen LogP contribution in [0.3, 0.4) is 0 Å². The van der Waals surface area contributed by atoms with E-state index in [-0.39, 0.29) is 5.91 Å². The van der Waals surface area contributed by atoms with Crippen LogP contribution in [0.5, 0.6) is 0 Å². The van der Waals surface area contributed by atoms with Gasteiger partial charge in [0.25, 0.3) is 5.91 Å². The lowest BCUT2D eigenvalue weighted by Crippen LogP contribution is -2.23. The Kier molecular flexibility index (Phi) is 3.97. The third kappa shape index (κ3) is 3.01. The molecule has 0 spiro atoms. The Hall–Kier alpha value is -2.89. The van der Waals surface area contributed by atoms with Gasteiger partial charge in [-0.25, -0.2) is 4.68 Å². The Labute approximate surface area is 134 Å². The van der Waals surface area contributed by atoms with E-state index >= 15 is 0 Å². The lowest BCUT2D eigenvalue weighted by atomic mass is 10.2. The number of hydrogen-bond acceptors (Lipinski definition) is 3. The smallest absolute Gasteiger partial charge is 0.255 e. The molecular formula is C17H19N5O. The highest BCUT2D eigenvalue weighted by Crippen LogP contribution is 2.17. The number of carbonyl (C=O) groups excluding carboxylic acids is 1. The minimum atomic E-state index is -0.119. The molecule has 6 heteroatoms. The summed E-state index contributed by atoms with van der Waals surface area (Å²) in [7, 11) is 1.85. The molecule has 118 valence electrons. The van der Waals surface area contributed by atoms with E-state index < -0.39 is 0 Å². The summed E-state index contributed by atoms with van der Waals surface area (Å²) in [6, 6.07) is 9.80. The van der Waals surface area contributed by atoms with Gasteiger partial charge in [0.05, 0.1) is 28.8 Å². The second kappa shape index (κ2) is 6.08. The van der Waals surface area contributed by atoms with Gasteiger partial charge in [0, 0.05) is 25.4 Å². The Bertz CT molecular complexity index is 832. The van der Waals surface area contributed by atoms with Crippen LogP contribution in [0.25, 0.3) is 5.69 Å². The van der Waals surface area contributed by atoms with Gasteiger partial charge in [0.1, 0.15) is 0 Å². The molecule has 3 aromatic rings. The Morgan fingerprint density at radius 1 is 1.22 bits per heavy atom. The number of aromatic nitrogens is 4. The standard InChI is InChI=1S/C17H19N5O/c1-12-16(17(23)18-9-14-10-19-21(3)11-14)13(2)22(20-12)15-7-5-4-6-8-15/h4-8,10-11H,9H2,1-3H3,(H,18,23). The van der Waals surface area contributed by atoms with Gasteiger partial charge in [-0.3, -0.25) is 9.48 Å².